The van der Waals surface area contributed by atoms with Crippen molar-refractivity contribution in [3.8, 4) is 11.5 Å². The molecule has 0 unspecified atom stereocenters. The van der Waals surface area contributed by atoms with Crippen molar-refractivity contribution in [2.75, 3.05) is 51.5 Å². The lowest BCUT2D eigenvalue weighted by molar-refractivity contribution is -0.134. The van der Waals surface area contributed by atoms with Gasteiger partial charge in [0.25, 0.3) is 11.8 Å². The molecule has 4 rings (SSSR count). The molecule has 0 atom stereocenters. The summed E-state index contributed by atoms with van der Waals surface area (Å²) >= 11 is 1.46. The smallest absolute Gasteiger partial charge is 0.260 e. The summed E-state index contributed by atoms with van der Waals surface area (Å²) in [5.74, 6) is 0.629. The zero-order valence-electron chi connectivity index (χ0n) is 20.2. The van der Waals surface area contributed by atoms with Gasteiger partial charge in [0.2, 0.25) is 0 Å². The number of hydrogen-bond acceptors (Lipinski definition) is 7. The van der Waals surface area contributed by atoms with E-state index in [0.29, 0.717) is 42.0 Å². The van der Waals surface area contributed by atoms with Crippen LogP contribution in [0, 0.1) is 0 Å². The average Bonchev–Trinajstić information content (AvgIpc) is 3.32. The summed E-state index contributed by atoms with van der Waals surface area (Å²) in [6.07, 6.45) is 3.22. The number of amides is 2. The number of piperidine rings is 1. The van der Waals surface area contributed by atoms with Crippen LogP contribution in [0.2, 0.25) is 0 Å². The molecule has 1 aromatic heterocycles. The van der Waals surface area contributed by atoms with Crippen molar-refractivity contribution < 1.29 is 23.8 Å². The molecule has 186 valence electrons. The van der Waals surface area contributed by atoms with E-state index in [1.54, 1.807) is 30.2 Å². The van der Waals surface area contributed by atoms with Gasteiger partial charge >= 0.3 is 0 Å². The lowest BCUT2D eigenvalue weighted by Gasteiger charge is -2.26. The van der Waals surface area contributed by atoms with Crippen molar-refractivity contribution >= 4 is 38.5 Å². The summed E-state index contributed by atoms with van der Waals surface area (Å²) in [6.45, 7) is 4.50. The molecule has 35 heavy (non-hydrogen) atoms. The zero-order valence-corrected chi connectivity index (χ0v) is 21.0. The first-order valence-electron chi connectivity index (χ1n) is 11.9. The standard InChI is InChI=1S/C26H31N3O5S/c1-3-33-22-17-19(11-12-21(22)34-18-24(30)28-13-7-4-8-14-28)25(31)29(15-16-32-2)26-27-20-9-5-6-10-23(20)35-26/h5-6,9-12,17H,3-4,7-8,13-16,18H2,1-2H3. The quantitative estimate of drug-likeness (QED) is 0.414. The Morgan fingerprint density at radius 3 is 2.60 bits per heavy atom. The van der Waals surface area contributed by atoms with Gasteiger partial charge in [0, 0.05) is 25.8 Å². The summed E-state index contributed by atoms with van der Waals surface area (Å²) in [7, 11) is 1.60. The molecule has 0 aliphatic carbocycles. The van der Waals surface area contributed by atoms with Gasteiger partial charge in [-0.2, -0.15) is 0 Å². The number of ether oxygens (including phenoxy) is 3. The third kappa shape index (κ3) is 6.10. The number of thiazole rings is 1. The largest absolute Gasteiger partial charge is 0.490 e. The molecule has 2 aromatic carbocycles. The van der Waals surface area contributed by atoms with Crippen LogP contribution in [0.3, 0.4) is 0 Å². The monoisotopic (exact) mass is 497 g/mol. The first kappa shape index (κ1) is 24.9. The van der Waals surface area contributed by atoms with E-state index in [4.69, 9.17) is 14.2 Å². The minimum Gasteiger partial charge on any atom is -0.490 e. The number of benzene rings is 2. The maximum absolute atomic E-state index is 13.5. The number of carbonyl (C=O) groups excluding carboxylic acids is 2. The van der Waals surface area contributed by atoms with Crippen molar-refractivity contribution in [2.24, 2.45) is 0 Å². The van der Waals surface area contributed by atoms with Gasteiger partial charge < -0.3 is 19.1 Å². The predicted octanol–water partition coefficient (Wildman–Crippen LogP) is 4.38. The van der Waals surface area contributed by atoms with Gasteiger partial charge in [-0.15, -0.1) is 0 Å². The van der Waals surface area contributed by atoms with Crippen LogP contribution in [0.5, 0.6) is 11.5 Å². The highest BCUT2D eigenvalue weighted by molar-refractivity contribution is 7.22. The lowest BCUT2D eigenvalue weighted by Crippen LogP contribution is -2.38. The van der Waals surface area contributed by atoms with Gasteiger partial charge in [0.15, 0.2) is 23.2 Å². The molecule has 2 amide bonds. The topological polar surface area (TPSA) is 81.2 Å². The second-order valence-electron chi connectivity index (χ2n) is 8.24. The summed E-state index contributed by atoms with van der Waals surface area (Å²) in [6, 6.07) is 12.8. The summed E-state index contributed by atoms with van der Waals surface area (Å²) in [5.41, 5.74) is 1.29. The molecule has 0 radical (unpaired) electrons. The fourth-order valence-corrected chi connectivity index (χ4v) is 4.99. The van der Waals surface area contributed by atoms with Crippen LogP contribution < -0.4 is 14.4 Å². The predicted molar refractivity (Wildman–Crippen MR) is 137 cm³/mol. The van der Waals surface area contributed by atoms with E-state index < -0.39 is 0 Å². The highest BCUT2D eigenvalue weighted by atomic mass is 32.1. The Morgan fingerprint density at radius 2 is 1.86 bits per heavy atom. The molecular formula is C26H31N3O5S. The average molecular weight is 498 g/mol. The van der Waals surface area contributed by atoms with E-state index in [0.717, 1.165) is 42.6 Å². The zero-order chi connectivity index (χ0) is 24.6. The van der Waals surface area contributed by atoms with E-state index >= 15 is 0 Å². The van der Waals surface area contributed by atoms with Gasteiger partial charge in [-0.1, -0.05) is 23.5 Å². The molecule has 8 nitrogen and oxygen atoms in total. The second-order valence-corrected chi connectivity index (χ2v) is 9.25. The fraction of sp³-hybridized carbons (Fsp3) is 0.423. The maximum atomic E-state index is 13.5. The molecule has 9 heteroatoms. The molecule has 1 aliphatic rings. The van der Waals surface area contributed by atoms with Crippen molar-refractivity contribution in [1.82, 2.24) is 9.88 Å². The molecule has 0 bridgehead atoms. The summed E-state index contributed by atoms with van der Waals surface area (Å²) < 4.78 is 17.8. The van der Waals surface area contributed by atoms with Crippen LogP contribution in [0.1, 0.15) is 36.5 Å². The first-order valence-corrected chi connectivity index (χ1v) is 12.8. The Bertz CT molecular complexity index is 1130. The Labute approximate surface area is 209 Å². The number of fused-ring (bicyclic) bond motifs is 1. The molecule has 1 aliphatic heterocycles. The van der Waals surface area contributed by atoms with Crippen LogP contribution >= 0.6 is 11.3 Å². The minimum absolute atomic E-state index is 0.0334. The van der Waals surface area contributed by atoms with Gasteiger partial charge in [0.05, 0.1) is 30.0 Å². The number of nitrogens with zero attached hydrogens (tertiary/aromatic N) is 3. The van der Waals surface area contributed by atoms with E-state index in [1.165, 1.54) is 11.3 Å². The van der Waals surface area contributed by atoms with E-state index in [2.05, 4.69) is 4.98 Å². The van der Waals surface area contributed by atoms with Crippen molar-refractivity contribution in [3.05, 3.63) is 48.0 Å². The van der Waals surface area contributed by atoms with Gasteiger partial charge in [-0.05, 0) is 56.5 Å². The summed E-state index contributed by atoms with van der Waals surface area (Å²) in [5, 5.41) is 0.610. The molecular weight excluding hydrogens is 466 g/mol. The first-order chi connectivity index (χ1) is 17.1. The number of likely N-dealkylation sites (tertiary alicyclic amines) is 1. The highest BCUT2D eigenvalue weighted by Gasteiger charge is 2.23. The maximum Gasteiger partial charge on any atom is 0.260 e. The number of hydrogen-bond donors (Lipinski definition) is 0. The number of para-hydroxylation sites is 1. The van der Waals surface area contributed by atoms with Crippen LogP contribution in [-0.4, -0.2) is 68.3 Å². The van der Waals surface area contributed by atoms with Crippen LogP contribution in [-0.2, 0) is 9.53 Å². The molecule has 1 saturated heterocycles. The highest BCUT2D eigenvalue weighted by Crippen LogP contribution is 2.32. The molecule has 0 spiro atoms. The van der Waals surface area contributed by atoms with E-state index in [9.17, 15) is 9.59 Å². The Kier molecular flexibility index (Phi) is 8.54. The lowest BCUT2D eigenvalue weighted by atomic mass is 10.1. The molecule has 3 aromatic rings. The molecule has 0 N–H and O–H groups in total. The Hall–Kier alpha value is -3.17. The molecule has 0 saturated carbocycles. The van der Waals surface area contributed by atoms with Gasteiger partial charge in [0.1, 0.15) is 0 Å². The van der Waals surface area contributed by atoms with Crippen molar-refractivity contribution in [2.45, 2.75) is 26.2 Å². The Morgan fingerprint density at radius 1 is 1.06 bits per heavy atom. The van der Waals surface area contributed by atoms with Crippen molar-refractivity contribution in [3.63, 3.8) is 0 Å². The minimum atomic E-state index is -0.210. The van der Waals surface area contributed by atoms with Crippen LogP contribution in [0.25, 0.3) is 10.2 Å². The normalized spacial score (nSPS) is 13.6. The number of aromatic nitrogens is 1. The fourth-order valence-electron chi connectivity index (χ4n) is 4.00. The third-order valence-electron chi connectivity index (χ3n) is 5.83. The van der Waals surface area contributed by atoms with Crippen molar-refractivity contribution in [1.29, 1.82) is 0 Å². The number of rotatable bonds is 10. The molecule has 2 heterocycles. The third-order valence-corrected chi connectivity index (χ3v) is 6.89. The van der Waals surface area contributed by atoms with E-state index in [1.807, 2.05) is 36.1 Å². The van der Waals surface area contributed by atoms with Gasteiger partial charge in [-0.25, -0.2) is 4.98 Å². The summed E-state index contributed by atoms with van der Waals surface area (Å²) in [4.78, 5) is 34.2. The SMILES string of the molecule is CCOc1cc(C(=O)N(CCOC)c2nc3ccccc3s2)ccc1OCC(=O)N1CCCCC1. The van der Waals surface area contributed by atoms with Gasteiger partial charge in [-0.3, -0.25) is 14.5 Å². The van der Waals surface area contributed by atoms with Crippen LogP contribution in [0.15, 0.2) is 42.5 Å². The number of methoxy groups -OCH3 is 1. The number of anilines is 1. The molecule has 1 fully saturated rings. The second kappa shape index (κ2) is 12.0. The van der Waals surface area contributed by atoms with Crippen LogP contribution in [0.4, 0.5) is 5.13 Å². The van der Waals surface area contributed by atoms with E-state index in [-0.39, 0.29) is 18.4 Å². The Balaban J connectivity index is 1.54. The number of carbonyl (C=O) groups is 2.